The van der Waals surface area contributed by atoms with Crippen molar-refractivity contribution in [3.8, 4) is 0 Å². The molecule has 1 fully saturated rings. The maximum Gasteiger partial charge on any atom is 0.234 e. The molecule has 0 bridgehead atoms. The van der Waals surface area contributed by atoms with Gasteiger partial charge in [0.15, 0.2) is 0 Å². The van der Waals surface area contributed by atoms with E-state index in [1.165, 1.54) is 19.3 Å². The third-order valence-electron chi connectivity index (χ3n) is 3.51. The monoisotopic (exact) mass is 306 g/mol. The van der Waals surface area contributed by atoms with E-state index in [4.69, 9.17) is 0 Å². The van der Waals surface area contributed by atoms with E-state index >= 15 is 0 Å². The summed E-state index contributed by atoms with van der Waals surface area (Å²) >= 11 is 1.68. The van der Waals surface area contributed by atoms with Crippen LogP contribution in [0.15, 0.2) is 24.3 Å². The van der Waals surface area contributed by atoms with Gasteiger partial charge in [-0.15, -0.1) is 11.8 Å². The van der Waals surface area contributed by atoms with Crippen LogP contribution in [0.4, 0.5) is 11.4 Å². The molecule has 116 valence electrons. The first-order valence-electron chi connectivity index (χ1n) is 7.73. The number of hydrogen-bond acceptors (Lipinski definition) is 3. The normalized spacial score (nSPS) is 15.9. The molecule has 0 radical (unpaired) electrons. The fourth-order valence-electron chi connectivity index (χ4n) is 2.46. The molecular formula is C17H26N2OS. The molecule has 0 aliphatic carbocycles. The lowest BCUT2D eigenvalue weighted by atomic mass is 10.1. The van der Waals surface area contributed by atoms with E-state index in [1.54, 1.807) is 11.8 Å². The molecule has 0 atom stereocenters. The van der Waals surface area contributed by atoms with E-state index in [0.29, 0.717) is 5.75 Å². The van der Waals surface area contributed by atoms with Gasteiger partial charge in [0.05, 0.1) is 17.1 Å². The maximum absolute atomic E-state index is 12.1. The highest BCUT2D eigenvalue weighted by Gasteiger charge is 2.17. The zero-order valence-corrected chi connectivity index (χ0v) is 14.1. The van der Waals surface area contributed by atoms with Crippen LogP contribution in [0, 0.1) is 0 Å². The molecule has 0 aromatic heterocycles. The van der Waals surface area contributed by atoms with Crippen molar-refractivity contribution < 1.29 is 4.79 Å². The van der Waals surface area contributed by atoms with Gasteiger partial charge in [0.25, 0.3) is 0 Å². The molecule has 3 nitrogen and oxygen atoms in total. The summed E-state index contributed by atoms with van der Waals surface area (Å²) in [4.78, 5) is 14.5. The number of carbonyl (C=O) groups is 1. The summed E-state index contributed by atoms with van der Waals surface area (Å²) in [6.07, 6.45) is 3.79. The number of nitrogens with zero attached hydrogens (tertiary/aromatic N) is 1. The number of rotatable bonds is 4. The van der Waals surface area contributed by atoms with Crippen LogP contribution < -0.4 is 10.2 Å². The van der Waals surface area contributed by atoms with Gasteiger partial charge >= 0.3 is 0 Å². The van der Waals surface area contributed by atoms with Gasteiger partial charge in [0.1, 0.15) is 0 Å². The number of piperidine rings is 1. The highest BCUT2D eigenvalue weighted by molar-refractivity contribution is 8.01. The molecule has 1 aliphatic heterocycles. The average molecular weight is 306 g/mol. The van der Waals surface area contributed by atoms with E-state index in [9.17, 15) is 4.79 Å². The Bertz CT molecular complexity index is 476. The predicted molar refractivity (Wildman–Crippen MR) is 93.3 cm³/mol. The minimum Gasteiger partial charge on any atom is -0.370 e. The van der Waals surface area contributed by atoms with Crippen LogP contribution in [0.5, 0.6) is 0 Å². The van der Waals surface area contributed by atoms with E-state index in [0.717, 1.165) is 24.5 Å². The third kappa shape index (κ3) is 5.27. The molecule has 1 aliphatic rings. The third-order valence-corrected chi connectivity index (χ3v) is 4.78. The van der Waals surface area contributed by atoms with Crippen LogP contribution in [-0.4, -0.2) is 29.5 Å². The molecule has 2 rings (SSSR count). The van der Waals surface area contributed by atoms with Crippen molar-refractivity contribution in [2.24, 2.45) is 0 Å². The minimum absolute atomic E-state index is 0.0828. The molecule has 1 aromatic rings. The Morgan fingerprint density at radius 2 is 1.86 bits per heavy atom. The van der Waals surface area contributed by atoms with Gasteiger partial charge in [-0.1, -0.05) is 32.9 Å². The maximum atomic E-state index is 12.1. The largest absolute Gasteiger partial charge is 0.370 e. The Hall–Kier alpha value is -1.16. The Morgan fingerprint density at radius 1 is 1.19 bits per heavy atom. The van der Waals surface area contributed by atoms with Crippen LogP contribution in [0.3, 0.4) is 0 Å². The molecule has 1 amide bonds. The van der Waals surface area contributed by atoms with E-state index in [-0.39, 0.29) is 10.7 Å². The molecule has 1 N–H and O–H groups in total. The number of nitrogens with one attached hydrogen (secondary N) is 1. The van der Waals surface area contributed by atoms with Gasteiger partial charge in [0.2, 0.25) is 5.91 Å². The van der Waals surface area contributed by atoms with Gasteiger partial charge in [-0.2, -0.15) is 0 Å². The van der Waals surface area contributed by atoms with Crippen LogP contribution in [0.2, 0.25) is 0 Å². The summed E-state index contributed by atoms with van der Waals surface area (Å²) in [5.74, 6) is 0.581. The fourth-order valence-corrected chi connectivity index (χ4v) is 3.09. The second-order valence-electron chi connectivity index (χ2n) is 6.51. The molecule has 4 heteroatoms. The molecule has 1 aromatic carbocycles. The molecule has 0 spiro atoms. The fraction of sp³-hybridized carbons (Fsp3) is 0.588. The van der Waals surface area contributed by atoms with Crippen molar-refractivity contribution in [2.75, 3.05) is 29.1 Å². The van der Waals surface area contributed by atoms with Crippen molar-refractivity contribution in [2.45, 2.75) is 44.8 Å². The predicted octanol–water partition coefficient (Wildman–Crippen LogP) is 4.15. The van der Waals surface area contributed by atoms with Crippen LogP contribution in [-0.2, 0) is 4.79 Å². The van der Waals surface area contributed by atoms with Crippen molar-refractivity contribution in [1.82, 2.24) is 0 Å². The summed E-state index contributed by atoms with van der Waals surface area (Å²) in [6.45, 7) is 8.57. The van der Waals surface area contributed by atoms with Crippen molar-refractivity contribution in [3.05, 3.63) is 24.3 Å². The van der Waals surface area contributed by atoms with Gasteiger partial charge in [-0.05, 0) is 31.4 Å². The lowest BCUT2D eigenvalue weighted by Crippen LogP contribution is -2.30. The van der Waals surface area contributed by atoms with Crippen LogP contribution >= 0.6 is 11.8 Å². The lowest BCUT2D eigenvalue weighted by Gasteiger charge is -2.30. The number of amides is 1. The zero-order valence-electron chi connectivity index (χ0n) is 13.3. The molecular weight excluding hydrogens is 280 g/mol. The highest BCUT2D eigenvalue weighted by atomic mass is 32.2. The first-order chi connectivity index (χ1) is 9.96. The number of carbonyl (C=O) groups excluding carboxylic acids is 1. The van der Waals surface area contributed by atoms with Crippen molar-refractivity contribution >= 4 is 29.0 Å². The quantitative estimate of drug-likeness (QED) is 0.907. The number of anilines is 2. The average Bonchev–Trinajstić information content (AvgIpc) is 2.46. The van der Waals surface area contributed by atoms with Gasteiger partial charge in [-0.25, -0.2) is 0 Å². The summed E-state index contributed by atoms with van der Waals surface area (Å²) in [6, 6.07) is 8.14. The SMILES string of the molecule is CC(C)(C)SCC(=O)Nc1ccccc1N1CCCCC1. The van der Waals surface area contributed by atoms with E-state index in [2.05, 4.69) is 37.1 Å². The van der Waals surface area contributed by atoms with Crippen LogP contribution in [0.25, 0.3) is 0 Å². The van der Waals surface area contributed by atoms with Gasteiger partial charge in [-0.3, -0.25) is 4.79 Å². The summed E-state index contributed by atoms with van der Waals surface area (Å²) in [5.41, 5.74) is 2.10. The molecule has 21 heavy (non-hydrogen) atoms. The number of hydrogen-bond donors (Lipinski definition) is 1. The lowest BCUT2D eigenvalue weighted by molar-refractivity contribution is -0.113. The number of para-hydroxylation sites is 2. The summed E-state index contributed by atoms with van der Waals surface area (Å²) in [7, 11) is 0. The summed E-state index contributed by atoms with van der Waals surface area (Å²) in [5, 5.41) is 3.08. The standard InChI is InChI=1S/C17H26N2OS/c1-17(2,3)21-13-16(20)18-14-9-5-6-10-15(14)19-11-7-4-8-12-19/h5-6,9-10H,4,7-8,11-13H2,1-3H3,(H,18,20). The van der Waals surface area contributed by atoms with Crippen LogP contribution in [0.1, 0.15) is 40.0 Å². The first kappa shape index (κ1) is 16.2. The molecule has 0 saturated carbocycles. The molecule has 1 saturated heterocycles. The Kier molecular flexibility index (Phi) is 5.57. The topological polar surface area (TPSA) is 32.3 Å². The second kappa shape index (κ2) is 7.21. The Morgan fingerprint density at radius 3 is 2.52 bits per heavy atom. The van der Waals surface area contributed by atoms with E-state index in [1.807, 2.05) is 18.2 Å². The van der Waals surface area contributed by atoms with Gasteiger partial charge < -0.3 is 10.2 Å². The molecule has 1 heterocycles. The number of benzene rings is 1. The first-order valence-corrected chi connectivity index (χ1v) is 8.72. The highest BCUT2D eigenvalue weighted by Crippen LogP contribution is 2.29. The van der Waals surface area contributed by atoms with Crippen molar-refractivity contribution in [3.63, 3.8) is 0 Å². The number of thioether (sulfide) groups is 1. The second-order valence-corrected chi connectivity index (χ2v) is 8.32. The smallest absolute Gasteiger partial charge is 0.234 e. The van der Waals surface area contributed by atoms with Gasteiger partial charge in [0, 0.05) is 17.8 Å². The minimum atomic E-state index is 0.0828. The zero-order chi connectivity index (χ0) is 15.3. The summed E-state index contributed by atoms with van der Waals surface area (Å²) < 4.78 is 0.115. The Labute approximate surface area is 132 Å². The van der Waals surface area contributed by atoms with Crippen molar-refractivity contribution in [1.29, 1.82) is 0 Å². The van der Waals surface area contributed by atoms with E-state index < -0.39 is 0 Å². The Balaban J connectivity index is 2.01. The molecule has 0 unspecified atom stereocenters.